The third-order valence-electron chi connectivity index (χ3n) is 3.59. The first-order chi connectivity index (χ1) is 11.3. The van der Waals surface area contributed by atoms with Crippen LogP contribution in [0.3, 0.4) is 0 Å². The molecule has 7 nitrogen and oxygen atoms in total. The molecule has 2 amide bonds. The average Bonchev–Trinajstić information content (AvgIpc) is 2.98. The Bertz CT molecular complexity index is 659. The quantitative estimate of drug-likeness (QED) is 0.784. The SMILES string of the molecule is CCOc1ccccc1NC(=O)NCc1cc2n(n1)CCNC2. The molecule has 0 aliphatic carbocycles. The molecule has 2 aromatic rings. The second kappa shape index (κ2) is 7.15. The van der Waals surface area contributed by atoms with E-state index in [0.717, 1.165) is 31.0 Å². The van der Waals surface area contributed by atoms with Gasteiger partial charge >= 0.3 is 6.03 Å². The molecule has 7 heteroatoms. The molecule has 1 aliphatic heterocycles. The van der Waals surface area contributed by atoms with Crippen LogP contribution >= 0.6 is 0 Å². The number of rotatable bonds is 5. The van der Waals surface area contributed by atoms with Crippen molar-refractivity contribution in [1.82, 2.24) is 20.4 Å². The minimum absolute atomic E-state index is 0.277. The molecule has 122 valence electrons. The Kier molecular flexibility index (Phi) is 4.77. The van der Waals surface area contributed by atoms with Gasteiger partial charge in [0.25, 0.3) is 0 Å². The topological polar surface area (TPSA) is 80.2 Å². The second-order valence-corrected chi connectivity index (χ2v) is 5.26. The summed E-state index contributed by atoms with van der Waals surface area (Å²) in [6.45, 7) is 5.46. The Labute approximate surface area is 135 Å². The number of para-hydroxylation sites is 2. The predicted molar refractivity (Wildman–Crippen MR) is 87.4 cm³/mol. The van der Waals surface area contributed by atoms with Crippen LogP contribution in [0.4, 0.5) is 10.5 Å². The van der Waals surface area contributed by atoms with Gasteiger partial charge in [-0.1, -0.05) is 12.1 Å². The maximum Gasteiger partial charge on any atom is 0.319 e. The number of fused-ring (bicyclic) bond motifs is 1. The lowest BCUT2D eigenvalue weighted by Crippen LogP contribution is -2.29. The van der Waals surface area contributed by atoms with Gasteiger partial charge in [0, 0.05) is 13.1 Å². The summed E-state index contributed by atoms with van der Waals surface area (Å²) < 4.78 is 7.47. The van der Waals surface area contributed by atoms with E-state index in [0.29, 0.717) is 24.6 Å². The van der Waals surface area contributed by atoms with E-state index < -0.39 is 0 Å². The average molecular weight is 315 g/mol. The zero-order valence-electron chi connectivity index (χ0n) is 13.1. The summed E-state index contributed by atoms with van der Waals surface area (Å²) in [5.41, 5.74) is 2.66. The van der Waals surface area contributed by atoms with Gasteiger partial charge in [-0.2, -0.15) is 5.10 Å². The minimum Gasteiger partial charge on any atom is -0.492 e. The number of anilines is 1. The van der Waals surface area contributed by atoms with Crippen LogP contribution in [0.5, 0.6) is 5.75 Å². The number of benzene rings is 1. The fraction of sp³-hybridized carbons (Fsp3) is 0.375. The van der Waals surface area contributed by atoms with Crippen molar-refractivity contribution < 1.29 is 9.53 Å². The Morgan fingerprint density at radius 3 is 3.13 bits per heavy atom. The van der Waals surface area contributed by atoms with Crippen LogP contribution < -0.4 is 20.7 Å². The van der Waals surface area contributed by atoms with Crippen molar-refractivity contribution in [2.75, 3.05) is 18.5 Å². The highest BCUT2D eigenvalue weighted by Gasteiger charge is 2.12. The van der Waals surface area contributed by atoms with E-state index in [9.17, 15) is 4.79 Å². The first-order valence-electron chi connectivity index (χ1n) is 7.79. The van der Waals surface area contributed by atoms with Crippen LogP contribution in [0.15, 0.2) is 30.3 Å². The summed E-state index contributed by atoms with van der Waals surface area (Å²) in [7, 11) is 0. The van der Waals surface area contributed by atoms with Crippen molar-refractivity contribution in [2.45, 2.75) is 26.6 Å². The third kappa shape index (κ3) is 3.81. The number of aromatic nitrogens is 2. The van der Waals surface area contributed by atoms with Gasteiger partial charge in [0.15, 0.2) is 0 Å². The van der Waals surface area contributed by atoms with E-state index >= 15 is 0 Å². The van der Waals surface area contributed by atoms with Crippen LogP contribution in [0.25, 0.3) is 0 Å². The maximum atomic E-state index is 12.1. The first-order valence-corrected chi connectivity index (χ1v) is 7.79. The largest absolute Gasteiger partial charge is 0.492 e. The summed E-state index contributed by atoms with van der Waals surface area (Å²) in [6.07, 6.45) is 0. The smallest absolute Gasteiger partial charge is 0.319 e. The molecule has 3 N–H and O–H groups in total. The fourth-order valence-corrected chi connectivity index (χ4v) is 2.53. The highest BCUT2D eigenvalue weighted by atomic mass is 16.5. The number of hydrogen-bond acceptors (Lipinski definition) is 4. The number of hydrogen-bond donors (Lipinski definition) is 3. The van der Waals surface area contributed by atoms with E-state index in [2.05, 4.69) is 21.0 Å². The van der Waals surface area contributed by atoms with Crippen molar-refractivity contribution in [3.63, 3.8) is 0 Å². The molecule has 0 saturated heterocycles. The van der Waals surface area contributed by atoms with Gasteiger partial charge in [0.05, 0.1) is 36.8 Å². The lowest BCUT2D eigenvalue weighted by molar-refractivity contribution is 0.251. The summed E-state index contributed by atoms with van der Waals surface area (Å²) in [4.78, 5) is 12.1. The lowest BCUT2D eigenvalue weighted by atomic mass is 10.3. The van der Waals surface area contributed by atoms with Crippen LogP contribution in [0, 0.1) is 0 Å². The van der Waals surface area contributed by atoms with Gasteiger partial charge in [-0.05, 0) is 25.1 Å². The Hall–Kier alpha value is -2.54. The molecule has 0 saturated carbocycles. The van der Waals surface area contributed by atoms with Gasteiger partial charge in [0.2, 0.25) is 0 Å². The number of nitrogens with zero attached hydrogens (tertiary/aromatic N) is 2. The maximum absolute atomic E-state index is 12.1. The van der Waals surface area contributed by atoms with E-state index in [-0.39, 0.29) is 6.03 Å². The molecule has 0 radical (unpaired) electrons. The minimum atomic E-state index is -0.277. The molecular weight excluding hydrogens is 294 g/mol. The Morgan fingerprint density at radius 1 is 1.43 bits per heavy atom. The zero-order valence-corrected chi connectivity index (χ0v) is 13.1. The Morgan fingerprint density at radius 2 is 2.30 bits per heavy atom. The molecule has 3 rings (SSSR count). The number of amides is 2. The van der Waals surface area contributed by atoms with Crippen LogP contribution in [0.2, 0.25) is 0 Å². The lowest BCUT2D eigenvalue weighted by Gasteiger charge is -2.13. The molecule has 23 heavy (non-hydrogen) atoms. The number of ether oxygens (including phenoxy) is 1. The van der Waals surface area contributed by atoms with Gasteiger partial charge < -0.3 is 20.7 Å². The molecule has 0 atom stereocenters. The third-order valence-corrected chi connectivity index (χ3v) is 3.59. The van der Waals surface area contributed by atoms with Crippen molar-refractivity contribution in [3.8, 4) is 5.75 Å². The molecule has 2 heterocycles. The highest BCUT2D eigenvalue weighted by molar-refractivity contribution is 5.90. The molecule has 0 unspecified atom stereocenters. The molecule has 1 aromatic carbocycles. The monoisotopic (exact) mass is 315 g/mol. The van der Waals surface area contributed by atoms with Crippen LogP contribution in [-0.4, -0.2) is 29.0 Å². The van der Waals surface area contributed by atoms with E-state index in [4.69, 9.17) is 4.74 Å². The summed E-state index contributed by atoms with van der Waals surface area (Å²) in [5.74, 6) is 0.661. The van der Waals surface area contributed by atoms with E-state index in [1.807, 2.05) is 41.9 Å². The van der Waals surface area contributed by atoms with Gasteiger partial charge in [-0.25, -0.2) is 4.79 Å². The number of nitrogens with one attached hydrogen (secondary N) is 3. The van der Waals surface area contributed by atoms with Gasteiger partial charge in [-0.3, -0.25) is 4.68 Å². The number of carbonyl (C=O) groups is 1. The number of carbonyl (C=O) groups excluding carboxylic acids is 1. The molecular formula is C16H21N5O2. The molecule has 1 aromatic heterocycles. The van der Waals surface area contributed by atoms with Gasteiger partial charge in [0.1, 0.15) is 5.75 Å². The van der Waals surface area contributed by atoms with Crippen LogP contribution in [0.1, 0.15) is 18.3 Å². The number of urea groups is 1. The summed E-state index contributed by atoms with van der Waals surface area (Å²) >= 11 is 0. The first kappa shape index (κ1) is 15.4. The Balaban J connectivity index is 1.56. The van der Waals surface area contributed by atoms with Crippen molar-refractivity contribution in [1.29, 1.82) is 0 Å². The fourth-order valence-electron chi connectivity index (χ4n) is 2.53. The summed E-state index contributed by atoms with van der Waals surface area (Å²) in [5, 5.41) is 13.4. The van der Waals surface area contributed by atoms with Crippen LogP contribution in [-0.2, 0) is 19.6 Å². The zero-order chi connectivity index (χ0) is 16.1. The predicted octanol–water partition coefficient (Wildman–Crippen LogP) is 1.71. The van der Waals surface area contributed by atoms with E-state index in [1.165, 1.54) is 0 Å². The standard InChI is InChI=1S/C16H21N5O2/c1-2-23-15-6-4-3-5-14(15)19-16(22)18-10-12-9-13-11-17-7-8-21(13)20-12/h3-6,9,17H,2,7-8,10-11H2,1H3,(H2,18,19,22). The normalized spacial score (nSPS) is 13.3. The summed E-state index contributed by atoms with van der Waals surface area (Å²) in [6, 6.07) is 9.11. The van der Waals surface area contributed by atoms with Crippen molar-refractivity contribution in [3.05, 3.63) is 41.7 Å². The van der Waals surface area contributed by atoms with E-state index in [1.54, 1.807) is 0 Å². The van der Waals surface area contributed by atoms with Crippen molar-refractivity contribution in [2.24, 2.45) is 0 Å². The molecule has 1 aliphatic rings. The highest BCUT2D eigenvalue weighted by Crippen LogP contribution is 2.23. The second-order valence-electron chi connectivity index (χ2n) is 5.26. The van der Waals surface area contributed by atoms with Crippen molar-refractivity contribution >= 4 is 11.7 Å². The molecule has 0 fully saturated rings. The molecule has 0 bridgehead atoms. The molecule has 0 spiro atoms. The van der Waals surface area contributed by atoms with Gasteiger partial charge in [-0.15, -0.1) is 0 Å².